The Labute approximate surface area is 114 Å². The summed E-state index contributed by atoms with van der Waals surface area (Å²) in [6.45, 7) is 1.57. The molecule has 2 amide bonds. The van der Waals surface area contributed by atoms with Crippen molar-refractivity contribution < 1.29 is 14.7 Å². The zero-order valence-electron chi connectivity index (χ0n) is 10.3. The minimum atomic E-state index is -1.06. The van der Waals surface area contributed by atoms with Gasteiger partial charge in [0.1, 0.15) is 5.01 Å². The van der Waals surface area contributed by atoms with Gasteiger partial charge in [-0.25, -0.2) is 14.6 Å². The summed E-state index contributed by atoms with van der Waals surface area (Å²) in [5.41, 5.74) is 5.78. The fourth-order valence-electron chi connectivity index (χ4n) is 1.86. The minimum absolute atomic E-state index is 0.0122. The number of carboxylic acid groups (broad SMARTS) is 1. The van der Waals surface area contributed by atoms with Crippen molar-refractivity contribution in [1.82, 2.24) is 15.2 Å². The molecule has 2 rings (SSSR count). The van der Waals surface area contributed by atoms with Crippen LogP contribution in [0.4, 0.5) is 4.79 Å². The lowest BCUT2D eigenvalue weighted by Gasteiger charge is -2.30. The van der Waals surface area contributed by atoms with Crippen LogP contribution in [0.25, 0.3) is 0 Å². The predicted octanol–water partition coefficient (Wildman–Crippen LogP) is 0.474. The monoisotopic (exact) mass is 284 g/mol. The summed E-state index contributed by atoms with van der Waals surface area (Å²) in [5.74, 6) is -1.06. The SMILES string of the molecule is NC1CCN(C(=O)NCc2nc(C(=O)O)cs2)CC1. The highest BCUT2D eigenvalue weighted by molar-refractivity contribution is 7.09. The molecule has 1 saturated heterocycles. The van der Waals surface area contributed by atoms with E-state index in [1.54, 1.807) is 4.90 Å². The van der Waals surface area contributed by atoms with Crippen LogP contribution in [-0.2, 0) is 6.54 Å². The van der Waals surface area contributed by atoms with Gasteiger partial charge < -0.3 is 21.1 Å². The first-order chi connectivity index (χ1) is 9.06. The van der Waals surface area contributed by atoms with Crippen molar-refractivity contribution in [2.24, 2.45) is 5.73 Å². The van der Waals surface area contributed by atoms with E-state index in [0.717, 1.165) is 12.8 Å². The molecule has 0 atom stereocenters. The minimum Gasteiger partial charge on any atom is -0.476 e. The molecule has 0 radical (unpaired) electrons. The van der Waals surface area contributed by atoms with E-state index in [9.17, 15) is 9.59 Å². The van der Waals surface area contributed by atoms with Gasteiger partial charge in [0.25, 0.3) is 0 Å². The molecule has 0 aliphatic carbocycles. The Morgan fingerprint density at radius 2 is 2.21 bits per heavy atom. The average Bonchev–Trinajstić information content (AvgIpc) is 2.86. The van der Waals surface area contributed by atoms with Crippen molar-refractivity contribution in [1.29, 1.82) is 0 Å². The maximum absolute atomic E-state index is 11.9. The van der Waals surface area contributed by atoms with Crippen LogP contribution < -0.4 is 11.1 Å². The van der Waals surface area contributed by atoms with Crippen molar-refractivity contribution in [2.45, 2.75) is 25.4 Å². The van der Waals surface area contributed by atoms with E-state index in [1.807, 2.05) is 0 Å². The van der Waals surface area contributed by atoms with E-state index in [2.05, 4.69) is 10.3 Å². The van der Waals surface area contributed by atoms with E-state index in [-0.39, 0.29) is 24.3 Å². The molecular formula is C11H16N4O3S. The number of thiazole rings is 1. The van der Waals surface area contributed by atoms with E-state index in [1.165, 1.54) is 16.7 Å². The number of piperidine rings is 1. The number of amides is 2. The second kappa shape index (κ2) is 5.98. The summed E-state index contributed by atoms with van der Waals surface area (Å²) in [4.78, 5) is 28.1. The molecule has 0 saturated carbocycles. The van der Waals surface area contributed by atoms with Crippen LogP contribution in [0, 0.1) is 0 Å². The predicted molar refractivity (Wildman–Crippen MR) is 70.1 cm³/mol. The Kier molecular flexibility index (Phi) is 4.33. The van der Waals surface area contributed by atoms with Gasteiger partial charge in [0.2, 0.25) is 0 Å². The summed E-state index contributed by atoms with van der Waals surface area (Å²) < 4.78 is 0. The first-order valence-corrected chi connectivity index (χ1v) is 6.90. The molecule has 0 unspecified atom stereocenters. The normalized spacial score (nSPS) is 16.4. The molecule has 1 aliphatic rings. The van der Waals surface area contributed by atoms with E-state index < -0.39 is 5.97 Å². The summed E-state index contributed by atoms with van der Waals surface area (Å²) in [6, 6.07) is 0.0279. The number of carbonyl (C=O) groups is 2. The van der Waals surface area contributed by atoms with Gasteiger partial charge in [-0.05, 0) is 12.8 Å². The third-order valence-electron chi connectivity index (χ3n) is 2.99. The molecule has 7 nitrogen and oxygen atoms in total. The molecule has 0 bridgehead atoms. The summed E-state index contributed by atoms with van der Waals surface area (Å²) in [6.07, 6.45) is 1.63. The van der Waals surface area contributed by atoms with Crippen molar-refractivity contribution in [3.8, 4) is 0 Å². The van der Waals surface area contributed by atoms with Crippen molar-refractivity contribution in [3.63, 3.8) is 0 Å². The zero-order valence-corrected chi connectivity index (χ0v) is 11.2. The highest BCUT2D eigenvalue weighted by atomic mass is 32.1. The van der Waals surface area contributed by atoms with Crippen LogP contribution in [-0.4, -0.2) is 46.1 Å². The number of hydrogen-bond acceptors (Lipinski definition) is 5. The van der Waals surface area contributed by atoms with E-state index in [4.69, 9.17) is 10.8 Å². The van der Waals surface area contributed by atoms with Gasteiger partial charge in [0, 0.05) is 24.5 Å². The Morgan fingerprint density at radius 3 is 2.79 bits per heavy atom. The molecule has 104 valence electrons. The molecule has 1 aromatic rings. The molecule has 8 heteroatoms. The van der Waals surface area contributed by atoms with Crippen LogP contribution >= 0.6 is 11.3 Å². The Morgan fingerprint density at radius 1 is 1.53 bits per heavy atom. The Balaban J connectivity index is 1.81. The third-order valence-corrected chi connectivity index (χ3v) is 3.84. The van der Waals surface area contributed by atoms with Gasteiger partial charge >= 0.3 is 12.0 Å². The van der Waals surface area contributed by atoms with Gasteiger partial charge in [0.05, 0.1) is 6.54 Å². The van der Waals surface area contributed by atoms with Crippen LogP contribution in [0.1, 0.15) is 28.3 Å². The fraction of sp³-hybridized carbons (Fsp3) is 0.545. The number of aromatic carboxylic acids is 1. The number of likely N-dealkylation sites (tertiary alicyclic amines) is 1. The van der Waals surface area contributed by atoms with Crippen molar-refractivity contribution >= 4 is 23.3 Å². The topological polar surface area (TPSA) is 109 Å². The lowest BCUT2D eigenvalue weighted by atomic mass is 10.1. The quantitative estimate of drug-likeness (QED) is 0.748. The number of carboxylic acids is 1. The molecule has 1 aromatic heterocycles. The maximum atomic E-state index is 11.9. The smallest absolute Gasteiger partial charge is 0.355 e. The first-order valence-electron chi connectivity index (χ1n) is 6.02. The van der Waals surface area contributed by atoms with Gasteiger partial charge in [-0.1, -0.05) is 0 Å². The zero-order chi connectivity index (χ0) is 13.8. The maximum Gasteiger partial charge on any atom is 0.355 e. The Hall–Kier alpha value is -1.67. The van der Waals surface area contributed by atoms with Gasteiger partial charge in [0.15, 0.2) is 5.69 Å². The highest BCUT2D eigenvalue weighted by Gasteiger charge is 2.20. The molecular weight excluding hydrogens is 268 g/mol. The van der Waals surface area contributed by atoms with Crippen LogP contribution in [0.2, 0.25) is 0 Å². The molecule has 0 spiro atoms. The van der Waals surface area contributed by atoms with Gasteiger partial charge in [-0.3, -0.25) is 0 Å². The lowest BCUT2D eigenvalue weighted by Crippen LogP contribution is -2.47. The second-order valence-corrected chi connectivity index (χ2v) is 5.36. The average molecular weight is 284 g/mol. The molecule has 2 heterocycles. The number of aromatic nitrogens is 1. The summed E-state index contributed by atoms with van der Waals surface area (Å²) in [5, 5.41) is 13.5. The second-order valence-electron chi connectivity index (χ2n) is 4.41. The lowest BCUT2D eigenvalue weighted by molar-refractivity contribution is 0.0691. The standard InChI is InChI=1S/C11H16N4O3S/c12-7-1-3-15(4-2-7)11(18)13-5-9-14-8(6-19-9)10(16)17/h6-7H,1-5,12H2,(H,13,18)(H,16,17). The molecule has 0 aromatic carbocycles. The van der Waals surface area contributed by atoms with Crippen molar-refractivity contribution in [2.75, 3.05) is 13.1 Å². The van der Waals surface area contributed by atoms with Crippen LogP contribution in [0.15, 0.2) is 5.38 Å². The van der Waals surface area contributed by atoms with E-state index >= 15 is 0 Å². The van der Waals surface area contributed by atoms with Crippen LogP contribution in [0.3, 0.4) is 0 Å². The number of urea groups is 1. The largest absolute Gasteiger partial charge is 0.476 e. The number of carbonyl (C=O) groups excluding carboxylic acids is 1. The number of nitrogens with zero attached hydrogens (tertiary/aromatic N) is 2. The first kappa shape index (κ1) is 13.8. The number of nitrogens with two attached hydrogens (primary N) is 1. The fourth-order valence-corrected chi connectivity index (χ4v) is 2.56. The van der Waals surface area contributed by atoms with Gasteiger partial charge in [-0.2, -0.15) is 0 Å². The van der Waals surface area contributed by atoms with E-state index in [0.29, 0.717) is 18.1 Å². The number of hydrogen-bond donors (Lipinski definition) is 3. The summed E-state index contributed by atoms with van der Waals surface area (Å²) in [7, 11) is 0. The number of rotatable bonds is 3. The number of nitrogens with one attached hydrogen (secondary N) is 1. The highest BCUT2D eigenvalue weighted by Crippen LogP contribution is 2.11. The third kappa shape index (κ3) is 3.65. The molecule has 1 fully saturated rings. The van der Waals surface area contributed by atoms with Gasteiger partial charge in [-0.15, -0.1) is 11.3 Å². The molecule has 19 heavy (non-hydrogen) atoms. The van der Waals surface area contributed by atoms with Crippen molar-refractivity contribution in [3.05, 3.63) is 16.1 Å². The van der Waals surface area contributed by atoms with Crippen LogP contribution in [0.5, 0.6) is 0 Å². The molecule has 4 N–H and O–H groups in total. The summed E-state index contributed by atoms with van der Waals surface area (Å²) >= 11 is 1.22. The Bertz CT molecular complexity index is 468. The molecule has 1 aliphatic heterocycles.